The number of nitrogens with two attached hydrogens (primary N) is 1. The van der Waals surface area contributed by atoms with Crippen LogP contribution in [0.2, 0.25) is 0 Å². The Morgan fingerprint density at radius 3 is 2.48 bits per heavy atom. The lowest BCUT2D eigenvalue weighted by molar-refractivity contribution is 0.170. The van der Waals surface area contributed by atoms with E-state index in [-0.39, 0.29) is 10.9 Å². The molecule has 2 rings (SSSR count). The van der Waals surface area contributed by atoms with E-state index in [1.807, 2.05) is 0 Å². The predicted octanol–water partition coefficient (Wildman–Crippen LogP) is 1.76. The molecule has 1 saturated heterocycles. The molecular formula is C15H25N3O2S. The Balaban J connectivity index is 2.10. The summed E-state index contributed by atoms with van der Waals surface area (Å²) in [5.41, 5.74) is 6.13. The number of hydrogen-bond donors (Lipinski definition) is 1. The molecule has 0 amide bonds. The van der Waals surface area contributed by atoms with Gasteiger partial charge in [0.05, 0.1) is 5.69 Å². The molecule has 6 heteroatoms. The summed E-state index contributed by atoms with van der Waals surface area (Å²) in [6, 6.07) is 6.72. The number of para-hydroxylation sites is 1. The van der Waals surface area contributed by atoms with E-state index in [9.17, 15) is 8.42 Å². The Morgan fingerprint density at radius 1 is 1.29 bits per heavy atom. The third-order valence-electron chi connectivity index (χ3n) is 4.19. The van der Waals surface area contributed by atoms with Crippen LogP contribution in [0.25, 0.3) is 0 Å². The van der Waals surface area contributed by atoms with Crippen LogP contribution in [0.15, 0.2) is 29.2 Å². The molecule has 118 valence electrons. The van der Waals surface area contributed by atoms with Crippen molar-refractivity contribution in [1.82, 2.24) is 9.21 Å². The lowest BCUT2D eigenvalue weighted by Crippen LogP contribution is -2.45. The van der Waals surface area contributed by atoms with Gasteiger partial charge >= 0.3 is 0 Å². The Morgan fingerprint density at radius 2 is 1.90 bits per heavy atom. The Hall–Kier alpha value is -1.11. The molecule has 0 unspecified atom stereocenters. The summed E-state index contributed by atoms with van der Waals surface area (Å²) in [5, 5.41) is 0. The highest BCUT2D eigenvalue weighted by molar-refractivity contribution is 7.89. The average molecular weight is 311 g/mol. The molecule has 1 aliphatic rings. The summed E-state index contributed by atoms with van der Waals surface area (Å²) in [4.78, 5) is 2.61. The number of sulfonamides is 1. The van der Waals surface area contributed by atoms with Crippen LogP contribution in [-0.4, -0.2) is 50.3 Å². The molecule has 0 aliphatic carbocycles. The van der Waals surface area contributed by atoms with Crippen LogP contribution >= 0.6 is 0 Å². The van der Waals surface area contributed by atoms with E-state index < -0.39 is 10.0 Å². The predicted molar refractivity (Wildman–Crippen MR) is 85.6 cm³/mol. The van der Waals surface area contributed by atoms with Crippen LogP contribution in [0, 0.1) is 0 Å². The van der Waals surface area contributed by atoms with Crippen molar-refractivity contribution in [2.24, 2.45) is 0 Å². The maximum atomic E-state index is 12.7. The highest BCUT2D eigenvalue weighted by Gasteiger charge is 2.31. The van der Waals surface area contributed by atoms with E-state index >= 15 is 0 Å². The number of hydrogen-bond acceptors (Lipinski definition) is 4. The van der Waals surface area contributed by atoms with Crippen LogP contribution in [-0.2, 0) is 10.0 Å². The van der Waals surface area contributed by atoms with Crippen molar-refractivity contribution < 1.29 is 8.42 Å². The van der Waals surface area contributed by atoms with Gasteiger partial charge in [0.25, 0.3) is 0 Å². The topological polar surface area (TPSA) is 66.6 Å². The fourth-order valence-electron chi connectivity index (χ4n) is 2.89. The molecule has 2 N–H and O–H groups in total. The fourth-order valence-corrected chi connectivity index (χ4v) is 4.42. The maximum Gasteiger partial charge on any atom is 0.245 e. The highest BCUT2D eigenvalue weighted by Crippen LogP contribution is 2.26. The summed E-state index contributed by atoms with van der Waals surface area (Å²) in [6.07, 6.45) is 2.89. The van der Waals surface area contributed by atoms with E-state index in [2.05, 4.69) is 11.8 Å². The van der Waals surface area contributed by atoms with E-state index in [4.69, 9.17) is 5.73 Å². The molecule has 0 atom stereocenters. The molecule has 0 spiro atoms. The standard InChI is InChI=1S/C15H25N3O2S/c1-3-10-18-11-8-13(9-12-18)17(2)21(19,20)15-7-5-4-6-14(15)16/h4-7,13H,3,8-12,16H2,1-2H3. The van der Waals surface area contributed by atoms with Crippen molar-refractivity contribution in [1.29, 1.82) is 0 Å². The van der Waals surface area contributed by atoms with E-state index in [1.54, 1.807) is 31.3 Å². The minimum absolute atomic E-state index is 0.0581. The van der Waals surface area contributed by atoms with Gasteiger partial charge in [-0.25, -0.2) is 8.42 Å². The van der Waals surface area contributed by atoms with E-state index in [0.29, 0.717) is 5.69 Å². The normalized spacial score (nSPS) is 18.2. The van der Waals surface area contributed by atoms with Crippen molar-refractivity contribution in [3.05, 3.63) is 24.3 Å². The van der Waals surface area contributed by atoms with Crippen LogP contribution in [0.1, 0.15) is 26.2 Å². The maximum absolute atomic E-state index is 12.7. The second kappa shape index (κ2) is 6.77. The van der Waals surface area contributed by atoms with Crippen molar-refractivity contribution in [2.45, 2.75) is 37.1 Å². The SMILES string of the molecule is CCCN1CCC(N(C)S(=O)(=O)c2ccccc2N)CC1. The zero-order valence-corrected chi connectivity index (χ0v) is 13.6. The van der Waals surface area contributed by atoms with Crippen LogP contribution < -0.4 is 5.73 Å². The lowest BCUT2D eigenvalue weighted by Gasteiger charge is -2.36. The molecule has 0 aromatic heterocycles. The monoisotopic (exact) mass is 311 g/mol. The van der Waals surface area contributed by atoms with Gasteiger partial charge in [0, 0.05) is 13.1 Å². The molecule has 1 fully saturated rings. The smallest absolute Gasteiger partial charge is 0.245 e. The minimum atomic E-state index is -3.51. The number of nitrogen functional groups attached to an aromatic ring is 1. The second-order valence-electron chi connectivity index (χ2n) is 5.63. The first-order chi connectivity index (χ1) is 9.96. The van der Waals surface area contributed by atoms with Gasteiger partial charge < -0.3 is 10.6 Å². The van der Waals surface area contributed by atoms with Crippen molar-refractivity contribution >= 4 is 15.7 Å². The van der Waals surface area contributed by atoms with E-state index in [1.165, 1.54) is 4.31 Å². The molecule has 1 aromatic carbocycles. The molecule has 0 radical (unpaired) electrons. The van der Waals surface area contributed by atoms with Gasteiger partial charge in [-0.15, -0.1) is 0 Å². The minimum Gasteiger partial charge on any atom is -0.398 e. The second-order valence-corrected chi connectivity index (χ2v) is 7.60. The lowest BCUT2D eigenvalue weighted by atomic mass is 10.1. The largest absolute Gasteiger partial charge is 0.398 e. The van der Waals surface area contributed by atoms with Gasteiger partial charge in [0.1, 0.15) is 4.90 Å². The van der Waals surface area contributed by atoms with Crippen LogP contribution in [0.4, 0.5) is 5.69 Å². The summed E-state index contributed by atoms with van der Waals surface area (Å²) >= 11 is 0. The molecular weight excluding hydrogens is 286 g/mol. The summed E-state index contributed by atoms with van der Waals surface area (Å²) in [5.74, 6) is 0. The number of anilines is 1. The van der Waals surface area contributed by atoms with E-state index in [0.717, 1.165) is 38.9 Å². The van der Waals surface area contributed by atoms with Crippen LogP contribution in [0.3, 0.4) is 0 Å². The molecule has 1 aliphatic heterocycles. The van der Waals surface area contributed by atoms with Gasteiger partial charge in [0.2, 0.25) is 10.0 Å². The number of nitrogens with zero attached hydrogens (tertiary/aromatic N) is 2. The first-order valence-electron chi connectivity index (χ1n) is 7.51. The summed E-state index contributed by atoms with van der Waals surface area (Å²) in [6.45, 7) is 5.18. The number of benzene rings is 1. The fraction of sp³-hybridized carbons (Fsp3) is 0.600. The zero-order valence-electron chi connectivity index (χ0n) is 12.8. The molecule has 1 heterocycles. The Labute approximate surface area is 127 Å². The third kappa shape index (κ3) is 3.56. The number of piperidine rings is 1. The molecule has 1 aromatic rings. The van der Waals surface area contributed by atoms with Crippen LogP contribution in [0.5, 0.6) is 0 Å². The van der Waals surface area contributed by atoms with Gasteiger partial charge in [0.15, 0.2) is 0 Å². The zero-order chi connectivity index (χ0) is 15.5. The third-order valence-corrected chi connectivity index (χ3v) is 6.17. The number of rotatable bonds is 5. The molecule has 21 heavy (non-hydrogen) atoms. The molecule has 5 nitrogen and oxygen atoms in total. The van der Waals surface area contributed by atoms with Gasteiger partial charge in [-0.05, 0) is 51.0 Å². The van der Waals surface area contributed by atoms with Gasteiger partial charge in [-0.2, -0.15) is 4.31 Å². The van der Waals surface area contributed by atoms with Gasteiger partial charge in [-0.3, -0.25) is 0 Å². The van der Waals surface area contributed by atoms with Crippen molar-refractivity contribution in [3.8, 4) is 0 Å². The quantitative estimate of drug-likeness (QED) is 0.842. The average Bonchev–Trinajstić information content (AvgIpc) is 2.48. The first kappa shape index (κ1) is 16.3. The first-order valence-corrected chi connectivity index (χ1v) is 8.95. The van der Waals surface area contributed by atoms with Crippen molar-refractivity contribution in [2.75, 3.05) is 32.4 Å². The molecule has 0 saturated carbocycles. The van der Waals surface area contributed by atoms with Crippen molar-refractivity contribution in [3.63, 3.8) is 0 Å². The summed E-state index contributed by atoms with van der Waals surface area (Å²) < 4.78 is 26.9. The summed E-state index contributed by atoms with van der Waals surface area (Å²) in [7, 11) is -1.84. The van der Waals surface area contributed by atoms with Gasteiger partial charge in [-0.1, -0.05) is 19.1 Å². The molecule has 0 bridgehead atoms. The number of likely N-dealkylation sites (tertiary alicyclic amines) is 1. The Bertz CT molecular complexity index is 566. The highest BCUT2D eigenvalue weighted by atomic mass is 32.2. The Kier molecular flexibility index (Phi) is 5.24.